The van der Waals surface area contributed by atoms with Gasteiger partial charge in [-0.15, -0.1) is 0 Å². The number of ether oxygens (including phenoxy) is 1. The summed E-state index contributed by atoms with van der Waals surface area (Å²) in [5.41, 5.74) is 3.91. The van der Waals surface area contributed by atoms with Crippen LogP contribution in [0.15, 0.2) is 48.1 Å². The van der Waals surface area contributed by atoms with Crippen molar-refractivity contribution in [3.05, 3.63) is 69.7 Å². The predicted octanol–water partition coefficient (Wildman–Crippen LogP) is 1.97. The molecule has 1 heterocycles. The van der Waals surface area contributed by atoms with Crippen LogP contribution in [0.5, 0.6) is 5.75 Å². The van der Waals surface area contributed by atoms with Gasteiger partial charge in [0.2, 0.25) is 0 Å². The van der Waals surface area contributed by atoms with Gasteiger partial charge in [0.25, 0.3) is 0 Å². The molecule has 5 rings (SSSR count). The van der Waals surface area contributed by atoms with Gasteiger partial charge in [-0.25, -0.2) is 0 Å². The van der Waals surface area contributed by atoms with Crippen LogP contribution in [0.1, 0.15) is 11.1 Å². The fraction of sp³-hybridized carbons (Fsp3) is 0.111. The molecule has 1 nitrogen and oxygen atoms in total. The Morgan fingerprint density at radius 3 is 2.95 bits per heavy atom. The van der Waals surface area contributed by atoms with Crippen LogP contribution in [0, 0.1) is 0 Å². The van der Waals surface area contributed by atoms with Gasteiger partial charge in [-0.1, -0.05) is 54.7 Å². The Balaban J connectivity index is 2.01. The van der Waals surface area contributed by atoms with E-state index in [9.17, 15) is 0 Å². The molecule has 1 atom stereocenters. The highest BCUT2D eigenvalue weighted by Crippen LogP contribution is 2.46. The van der Waals surface area contributed by atoms with E-state index in [0.717, 1.165) is 12.4 Å². The smallest absolute Gasteiger partial charge is 0.125 e. The van der Waals surface area contributed by atoms with Crippen LogP contribution >= 0.6 is 0 Å². The summed E-state index contributed by atoms with van der Waals surface area (Å²) in [6.45, 7) is 0.725. The zero-order valence-corrected chi connectivity index (χ0v) is 10.4. The normalized spacial score (nSPS) is 26.8. The number of benzene rings is 1. The molecule has 0 fully saturated rings. The topological polar surface area (TPSA) is 9.23 Å². The third kappa shape index (κ3) is 0.988. The van der Waals surface area contributed by atoms with Gasteiger partial charge >= 0.3 is 0 Å². The Bertz CT molecular complexity index is 862. The average Bonchev–Trinajstić information content (AvgIpc) is 3.05. The van der Waals surface area contributed by atoms with E-state index in [0.29, 0.717) is 0 Å². The number of rotatable bonds is 0. The molecule has 0 amide bonds. The molecule has 1 aromatic rings. The first kappa shape index (κ1) is 9.62. The van der Waals surface area contributed by atoms with Crippen LogP contribution in [0.25, 0.3) is 18.2 Å². The molecule has 0 aromatic heterocycles. The minimum Gasteiger partial charge on any atom is -0.492 e. The van der Waals surface area contributed by atoms with Gasteiger partial charge in [0.05, 0.1) is 5.41 Å². The van der Waals surface area contributed by atoms with Crippen molar-refractivity contribution >= 4 is 18.2 Å². The average molecular weight is 244 g/mol. The zero-order valence-electron chi connectivity index (χ0n) is 10.4. The van der Waals surface area contributed by atoms with E-state index in [1.807, 2.05) is 0 Å². The third-order valence-corrected chi connectivity index (χ3v) is 4.56. The van der Waals surface area contributed by atoms with Crippen LogP contribution in [0.4, 0.5) is 0 Å². The maximum atomic E-state index is 6.01. The molecule has 0 radical (unpaired) electrons. The van der Waals surface area contributed by atoms with Crippen molar-refractivity contribution in [3.8, 4) is 5.75 Å². The first-order valence-electron chi connectivity index (χ1n) is 6.66. The number of hydrogen-bond donors (Lipinski definition) is 0. The minimum atomic E-state index is -0.0559. The van der Waals surface area contributed by atoms with Gasteiger partial charge in [-0.2, -0.15) is 0 Å². The lowest BCUT2D eigenvalue weighted by atomic mass is 9.70. The van der Waals surface area contributed by atoms with Gasteiger partial charge < -0.3 is 4.74 Å². The van der Waals surface area contributed by atoms with Crippen molar-refractivity contribution in [2.24, 2.45) is 0 Å². The molecule has 1 heteroatoms. The number of allylic oxidation sites excluding steroid dienone is 5. The van der Waals surface area contributed by atoms with Crippen molar-refractivity contribution in [1.29, 1.82) is 0 Å². The molecule has 0 bridgehead atoms. The molecule has 3 aliphatic carbocycles. The Morgan fingerprint density at radius 1 is 0.947 bits per heavy atom. The molecule has 1 aliphatic heterocycles. The van der Waals surface area contributed by atoms with E-state index in [-0.39, 0.29) is 5.41 Å². The maximum absolute atomic E-state index is 6.01. The Kier molecular flexibility index (Phi) is 1.52. The second kappa shape index (κ2) is 3.00. The largest absolute Gasteiger partial charge is 0.492 e. The summed E-state index contributed by atoms with van der Waals surface area (Å²) in [7, 11) is 0. The highest BCUT2D eigenvalue weighted by molar-refractivity contribution is 5.74. The summed E-state index contributed by atoms with van der Waals surface area (Å²) in [5, 5.41) is 2.67. The van der Waals surface area contributed by atoms with Crippen LogP contribution in [-0.4, -0.2) is 6.61 Å². The SMILES string of the molecule is C1=CC2=CC=c3c4c(cc5c3=CC=C5)OC[C@]24C=C1. The van der Waals surface area contributed by atoms with Crippen molar-refractivity contribution in [2.75, 3.05) is 6.61 Å². The molecule has 1 aromatic carbocycles. The van der Waals surface area contributed by atoms with E-state index >= 15 is 0 Å². The standard InChI is InChI=1S/C18H12O/c1-2-9-18-11-19-16-10-12-4-3-6-14(12)15(17(16)18)8-7-13(18)5-1/h1-10H,11H2/t18-/m1/s1. The van der Waals surface area contributed by atoms with Crippen molar-refractivity contribution in [2.45, 2.75) is 5.41 Å². The van der Waals surface area contributed by atoms with Crippen molar-refractivity contribution in [1.82, 2.24) is 0 Å². The maximum Gasteiger partial charge on any atom is 0.125 e. The molecular weight excluding hydrogens is 232 g/mol. The van der Waals surface area contributed by atoms with E-state index < -0.39 is 0 Å². The van der Waals surface area contributed by atoms with Crippen LogP contribution in [0.3, 0.4) is 0 Å². The lowest BCUT2D eigenvalue weighted by Gasteiger charge is -2.30. The third-order valence-electron chi connectivity index (χ3n) is 4.56. The molecule has 0 unspecified atom stereocenters. The van der Waals surface area contributed by atoms with Crippen LogP contribution < -0.4 is 15.2 Å². The number of fused-ring (bicyclic) bond motifs is 2. The van der Waals surface area contributed by atoms with Gasteiger partial charge in [0.1, 0.15) is 12.4 Å². The molecule has 0 saturated carbocycles. The molecule has 19 heavy (non-hydrogen) atoms. The van der Waals surface area contributed by atoms with E-state index in [4.69, 9.17) is 4.74 Å². The first-order chi connectivity index (χ1) is 9.38. The molecule has 0 saturated heterocycles. The van der Waals surface area contributed by atoms with E-state index in [1.165, 1.54) is 27.1 Å². The fourth-order valence-electron chi connectivity index (χ4n) is 3.66. The number of hydrogen-bond acceptors (Lipinski definition) is 1. The summed E-state index contributed by atoms with van der Waals surface area (Å²) in [6, 6.07) is 2.19. The quantitative estimate of drug-likeness (QED) is 0.678. The second-order valence-electron chi connectivity index (χ2n) is 5.46. The van der Waals surface area contributed by atoms with Crippen LogP contribution in [0.2, 0.25) is 0 Å². The molecule has 1 spiro atoms. The second-order valence-corrected chi connectivity index (χ2v) is 5.46. The Labute approximate surface area is 111 Å². The van der Waals surface area contributed by atoms with E-state index in [1.54, 1.807) is 0 Å². The van der Waals surface area contributed by atoms with Gasteiger partial charge in [-0.3, -0.25) is 0 Å². The molecule has 90 valence electrons. The first-order valence-corrected chi connectivity index (χ1v) is 6.66. The summed E-state index contributed by atoms with van der Waals surface area (Å²) >= 11 is 0. The fourth-order valence-corrected chi connectivity index (χ4v) is 3.66. The molecule has 4 aliphatic rings. The van der Waals surface area contributed by atoms with Gasteiger partial charge in [0.15, 0.2) is 0 Å². The predicted molar refractivity (Wildman–Crippen MR) is 77.2 cm³/mol. The molecule has 0 N–H and O–H groups in total. The summed E-state index contributed by atoms with van der Waals surface area (Å²) < 4.78 is 6.01. The lowest BCUT2D eigenvalue weighted by molar-refractivity contribution is 0.316. The Hall–Kier alpha value is -2.28. The summed E-state index contributed by atoms with van der Waals surface area (Å²) in [6.07, 6.45) is 19.7. The Morgan fingerprint density at radius 2 is 1.95 bits per heavy atom. The summed E-state index contributed by atoms with van der Waals surface area (Å²) in [5.74, 6) is 1.05. The lowest BCUT2D eigenvalue weighted by Crippen LogP contribution is -2.40. The van der Waals surface area contributed by atoms with Crippen molar-refractivity contribution in [3.63, 3.8) is 0 Å². The zero-order chi connectivity index (χ0) is 12.4. The highest BCUT2D eigenvalue weighted by atomic mass is 16.5. The summed E-state index contributed by atoms with van der Waals surface area (Å²) in [4.78, 5) is 0. The van der Waals surface area contributed by atoms with Gasteiger partial charge in [-0.05, 0) is 27.6 Å². The monoisotopic (exact) mass is 244 g/mol. The van der Waals surface area contributed by atoms with Crippen molar-refractivity contribution < 1.29 is 4.74 Å². The highest BCUT2D eigenvalue weighted by Gasteiger charge is 2.44. The minimum absolute atomic E-state index is 0.0559. The van der Waals surface area contributed by atoms with Gasteiger partial charge in [0, 0.05) is 5.56 Å². The molecular formula is C18H12O. The van der Waals surface area contributed by atoms with E-state index in [2.05, 4.69) is 60.8 Å². The van der Waals surface area contributed by atoms with Crippen LogP contribution in [-0.2, 0) is 5.41 Å².